The highest BCUT2D eigenvalue weighted by Crippen LogP contribution is 2.38. The van der Waals surface area contributed by atoms with Crippen molar-refractivity contribution in [2.24, 2.45) is 0 Å². The van der Waals surface area contributed by atoms with Crippen LogP contribution in [0.2, 0.25) is 0 Å². The van der Waals surface area contributed by atoms with Gasteiger partial charge in [-0.05, 0) is 69.4 Å². The lowest BCUT2D eigenvalue weighted by Crippen LogP contribution is -1.92. The highest BCUT2D eigenvalue weighted by Gasteiger charge is 2.14. The molecule has 0 fully saturated rings. The fourth-order valence-corrected chi connectivity index (χ4v) is 5.17. The van der Waals surface area contributed by atoms with E-state index in [1.54, 1.807) is 18.3 Å². The van der Waals surface area contributed by atoms with E-state index in [4.69, 9.17) is 4.98 Å². The fourth-order valence-electron chi connectivity index (χ4n) is 5.17. The molecule has 0 N–H and O–H groups in total. The van der Waals surface area contributed by atoms with Crippen LogP contribution in [0.4, 0.5) is 4.39 Å². The Balaban J connectivity index is 1.45. The normalized spacial score (nSPS) is 11.4. The second kappa shape index (κ2) is 8.65. The maximum atomic E-state index is 13.7. The number of aromatic nitrogens is 2. The van der Waals surface area contributed by atoms with E-state index in [0.29, 0.717) is 0 Å². The number of hydrogen-bond acceptors (Lipinski definition) is 2. The highest BCUT2D eigenvalue weighted by atomic mass is 19.1. The molecule has 0 saturated carbocycles. The zero-order chi connectivity index (χ0) is 24.8. The summed E-state index contributed by atoms with van der Waals surface area (Å²) in [6.07, 6.45) is 3.66. The second-order valence-electron chi connectivity index (χ2n) is 9.23. The van der Waals surface area contributed by atoms with Gasteiger partial charge in [-0.2, -0.15) is 0 Å². The first-order valence-corrected chi connectivity index (χ1v) is 12.3. The summed E-state index contributed by atoms with van der Waals surface area (Å²) >= 11 is 0. The Labute approximate surface area is 213 Å². The summed E-state index contributed by atoms with van der Waals surface area (Å²) in [5.41, 5.74) is 7.12. The molecular weight excluding hydrogens is 455 g/mol. The van der Waals surface area contributed by atoms with Gasteiger partial charge >= 0.3 is 0 Å². The summed E-state index contributed by atoms with van der Waals surface area (Å²) in [4.78, 5) is 9.36. The standard InChI is InChI=1S/C34H21FN2/c35-28-15-11-25(12-16-28)34-31-18-13-24-4-1-2-6-29(24)33(31)30-17-14-26(20-32(30)37-34)22-7-9-23(10-8-22)27-5-3-19-36-21-27/h1-21H. The quantitative estimate of drug-likeness (QED) is 0.238. The van der Waals surface area contributed by atoms with Crippen LogP contribution in [0.1, 0.15) is 0 Å². The third-order valence-corrected chi connectivity index (χ3v) is 7.01. The largest absolute Gasteiger partial charge is 0.264 e. The van der Waals surface area contributed by atoms with E-state index in [0.717, 1.165) is 49.8 Å². The molecule has 2 heterocycles. The predicted molar refractivity (Wildman–Crippen MR) is 151 cm³/mol. The van der Waals surface area contributed by atoms with Gasteiger partial charge in [0, 0.05) is 34.1 Å². The molecule has 174 valence electrons. The van der Waals surface area contributed by atoms with E-state index < -0.39 is 0 Å². The van der Waals surface area contributed by atoms with Crippen LogP contribution in [0.15, 0.2) is 128 Å². The van der Waals surface area contributed by atoms with Crippen molar-refractivity contribution in [2.45, 2.75) is 0 Å². The Kier molecular flexibility index (Phi) is 5.00. The summed E-state index contributed by atoms with van der Waals surface area (Å²) in [7, 11) is 0. The molecule has 5 aromatic carbocycles. The molecule has 0 spiro atoms. The van der Waals surface area contributed by atoms with Crippen LogP contribution >= 0.6 is 0 Å². The molecule has 3 heteroatoms. The van der Waals surface area contributed by atoms with Gasteiger partial charge in [0.1, 0.15) is 5.82 Å². The zero-order valence-electron chi connectivity index (χ0n) is 19.9. The molecule has 0 radical (unpaired) electrons. The van der Waals surface area contributed by atoms with Gasteiger partial charge in [-0.3, -0.25) is 4.98 Å². The molecule has 0 unspecified atom stereocenters. The number of rotatable bonds is 3. The number of pyridine rings is 2. The molecule has 0 bridgehead atoms. The third kappa shape index (κ3) is 3.73. The highest BCUT2D eigenvalue weighted by molar-refractivity contribution is 6.22. The molecule has 7 aromatic rings. The van der Waals surface area contributed by atoms with Crippen molar-refractivity contribution in [3.63, 3.8) is 0 Å². The molecule has 0 saturated heterocycles. The van der Waals surface area contributed by atoms with Gasteiger partial charge in [-0.25, -0.2) is 9.37 Å². The van der Waals surface area contributed by atoms with Crippen molar-refractivity contribution in [3.8, 4) is 33.5 Å². The van der Waals surface area contributed by atoms with Gasteiger partial charge in [0.15, 0.2) is 0 Å². The van der Waals surface area contributed by atoms with Gasteiger partial charge in [0.05, 0.1) is 11.2 Å². The minimum Gasteiger partial charge on any atom is -0.264 e. The van der Waals surface area contributed by atoms with Crippen molar-refractivity contribution >= 4 is 32.4 Å². The van der Waals surface area contributed by atoms with E-state index in [-0.39, 0.29) is 5.82 Å². The molecule has 2 nitrogen and oxygen atoms in total. The summed E-state index contributed by atoms with van der Waals surface area (Å²) in [5.74, 6) is -0.253. The second-order valence-corrected chi connectivity index (χ2v) is 9.23. The summed E-state index contributed by atoms with van der Waals surface area (Å²) in [6.45, 7) is 0. The Bertz CT molecular complexity index is 1910. The van der Waals surface area contributed by atoms with Crippen LogP contribution in [0.5, 0.6) is 0 Å². The van der Waals surface area contributed by atoms with Gasteiger partial charge in [-0.15, -0.1) is 0 Å². The van der Waals surface area contributed by atoms with Crippen molar-refractivity contribution in [2.75, 3.05) is 0 Å². The van der Waals surface area contributed by atoms with Crippen LogP contribution in [0.25, 0.3) is 66.0 Å². The number of halogens is 1. The first-order valence-electron chi connectivity index (χ1n) is 12.3. The zero-order valence-corrected chi connectivity index (χ0v) is 19.9. The van der Waals surface area contributed by atoms with Crippen LogP contribution < -0.4 is 0 Å². The molecule has 2 aromatic heterocycles. The Morgan fingerprint density at radius 2 is 1.22 bits per heavy atom. The lowest BCUT2D eigenvalue weighted by molar-refractivity contribution is 0.628. The molecule has 0 aliphatic carbocycles. The Morgan fingerprint density at radius 3 is 2.00 bits per heavy atom. The molecular formula is C34H21FN2. The van der Waals surface area contributed by atoms with Crippen molar-refractivity contribution < 1.29 is 4.39 Å². The van der Waals surface area contributed by atoms with Gasteiger partial charge < -0.3 is 0 Å². The minimum atomic E-state index is -0.253. The molecule has 0 amide bonds. The van der Waals surface area contributed by atoms with Gasteiger partial charge in [0.25, 0.3) is 0 Å². The lowest BCUT2D eigenvalue weighted by atomic mass is 9.93. The smallest absolute Gasteiger partial charge is 0.123 e. The maximum absolute atomic E-state index is 13.7. The topological polar surface area (TPSA) is 25.8 Å². The van der Waals surface area contributed by atoms with E-state index in [9.17, 15) is 4.39 Å². The molecule has 7 rings (SSSR count). The van der Waals surface area contributed by atoms with E-state index >= 15 is 0 Å². The van der Waals surface area contributed by atoms with E-state index in [1.807, 2.05) is 12.3 Å². The predicted octanol–water partition coefficient (Wildman–Crippen LogP) is 9.08. The van der Waals surface area contributed by atoms with Gasteiger partial charge in [-0.1, -0.05) is 78.9 Å². The molecule has 0 aliphatic heterocycles. The summed E-state index contributed by atoms with van der Waals surface area (Å²) < 4.78 is 13.7. The lowest BCUT2D eigenvalue weighted by Gasteiger charge is -2.14. The molecule has 0 aliphatic rings. The van der Waals surface area contributed by atoms with Crippen molar-refractivity contribution in [1.29, 1.82) is 0 Å². The van der Waals surface area contributed by atoms with Crippen LogP contribution in [0.3, 0.4) is 0 Å². The SMILES string of the molecule is Fc1ccc(-c2nc3cc(-c4ccc(-c5cccnc5)cc4)ccc3c3c2ccc2ccccc23)cc1. The molecule has 37 heavy (non-hydrogen) atoms. The van der Waals surface area contributed by atoms with Crippen molar-refractivity contribution in [1.82, 2.24) is 9.97 Å². The first-order chi connectivity index (χ1) is 18.2. The van der Waals surface area contributed by atoms with Crippen molar-refractivity contribution in [3.05, 3.63) is 133 Å². The van der Waals surface area contributed by atoms with Gasteiger partial charge in [0.2, 0.25) is 0 Å². The summed E-state index contributed by atoms with van der Waals surface area (Å²) in [6, 6.07) is 38.3. The number of nitrogens with zero attached hydrogens (tertiary/aromatic N) is 2. The van der Waals surface area contributed by atoms with Crippen LogP contribution in [-0.4, -0.2) is 9.97 Å². The monoisotopic (exact) mass is 476 g/mol. The third-order valence-electron chi connectivity index (χ3n) is 7.01. The van der Waals surface area contributed by atoms with E-state index in [1.165, 1.54) is 28.3 Å². The maximum Gasteiger partial charge on any atom is 0.123 e. The first kappa shape index (κ1) is 21.4. The Hall–Kier alpha value is -4.89. The number of fused-ring (bicyclic) bond motifs is 5. The minimum absolute atomic E-state index is 0.253. The molecule has 0 atom stereocenters. The van der Waals surface area contributed by atoms with Crippen LogP contribution in [0, 0.1) is 5.82 Å². The van der Waals surface area contributed by atoms with Crippen LogP contribution in [-0.2, 0) is 0 Å². The fraction of sp³-hybridized carbons (Fsp3) is 0. The summed E-state index contributed by atoms with van der Waals surface area (Å²) in [5, 5.41) is 5.70. The Morgan fingerprint density at radius 1 is 0.514 bits per heavy atom. The van der Waals surface area contributed by atoms with E-state index in [2.05, 4.69) is 89.9 Å². The number of benzene rings is 5. The number of hydrogen-bond donors (Lipinski definition) is 0. The average molecular weight is 477 g/mol. The average Bonchev–Trinajstić information content (AvgIpc) is 2.97.